The van der Waals surface area contributed by atoms with Crippen molar-refractivity contribution in [2.24, 2.45) is 7.05 Å². The van der Waals surface area contributed by atoms with E-state index in [0.717, 1.165) is 37.1 Å². The van der Waals surface area contributed by atoms with E-state index in [1.807, 2.05) is 27.1 Å². The lowest BCUT2D eigenvalue weighted by molar-refractivity contribution is -0.146. The molecule has 0 bridgehead atoms. The lowest BCUT2D eigenvalue weighted by atomic mass is 10.1. The van der Waals surface area contributed by atoms with Gasteiger partial charge in [-0.25, -0.2) is 4.79 Å². The van der Waals surface area contributed by atoms with Gasteiger partial charge in [0.1, 0.15) is 6.04 Å². The molecule has 1 N–H and O–H groups in total. The van der Waals surface area contributed by atoms with Gasteiger partial charge in [-0.1, -0.05) is 6.92 Å². The maximum absolute atomic E-state index is 12.3. The molecule has 0 saturated carbocycles. The first kappa shape index (κ1) is 16.0. The molecule has 6 heteroatoms. The Hall–Kier alpha value is -1.40. The van der Waals surface area contributed by atoms with Gasteiger partial charge in [0.25, 0.3) is 0 Å². The van der Waals surface area contributed by atoms with Crippen LogP contribution in [0.25, 0.3) is 0 Å². The van der Waals surface area contributed by atoms with Crippen molar-refractivity contribution in [3.8, 4) is 0 Å². The van der Waals surface area contributed by atoms with Crippen LogP contribution in [0.2, 0.25) is 0 Å². The lowest BCUT2D eigenvalue weighted by Gasteiger charge is -2.19. The van der Waals surface area contributed by atoms with Crippen LogP contribution in [0.4, 0.5) is 0 Å². The highest BCUT2D eigenvalue weighted by Crippen LogP contribution is 2.20. The summed E-state index contributed by atoms with van der Waals surface area (Å²) in [7, 11) is 1.87. The lowest BCUT2D eigenvalue weighted by Crippen LogP contribution is -2.35. The first-order valence-corrected chi connectivity index (χ1v) is 7.69. The summed E-state index contributed by atoms with van der Waals surface area (Å²) in [5, 5.41) is 7.71. The van der Waals surface area contributed by atoms with E-state index in [4.69, 9.17) is 9.47 Å². The Morgan fingerprint density at radius 3 is 3.05 bits per heavy atom. The molecule has 1 aliphatic heterocycles. The molecule has 6 nitrogen and oxygen atoms in total. The van der Waals surface area contributed by atoms with Gasteiger partial charge in [-0.15, -0.1) is 0 Å². The number of carbonyl (C=O) groups is 1. The van der Waals surface area contributed by atoms with E-state index in [1.165, 1.54) is 0 Å². The standard InChI is InChI=1S/C15H25N3O3/c1-4-13-12(10-18(3)17-13)14(15(19)20-5-2)16-9-11-7-6-8-21-11/h10-11,14,16H,4-9H2,1-3H3. The largest absolute Gasteiger partial charge is 0.465 e. The molecule has 0 amide bonds. The van der Waals surface area contributed by atoms with Gasteiger partial charge >= 0.3 is 5.97 Å². The Morgan fingerprint density at radius 1 is 1.62 bits per heavy atom. The highest BCUT2D eigenvalue weighted by molar-refractivity contribution is 5.78. The van der Waals surface area contributed by atoms with Crippen LogP contribution in [0.15, 0.2) is 6.20 Å². The Labute approximate surface area is 125 Å². The number of nitrogens with one attached hydrogen (secondary N) is 1. The number of aryl methyl sites for hydroxylation is 2. The Bertz CT molecular complexity index is 467. The van der Waals surface area contributed by atoms with E-state index < -0.39 is 6.04 Å². The minimum atomic E-state index is -0.474. The van der Waals surface area contributed by atoms with Gasteiger partial charge < -0.3 is 9.47 Å². The van der Waals surface area contributed by atoms with Crippen molar-refractivity contribution in [1.82, 2.24) is 15.1 Å². The Morgan fingerprint density at radius 2 is 2.43 bits per heavy atom. The van der Waals surface area contributed by atoms with E-state index in [-0.39, 0.29) is 12.1 Å². The second-order valence-corrected chi connectivity index (χ2v) is 5.29. The number of hydrogen-bond donors (Lipinski definition) is 1. The van der Waals surface area contributed by atoms with Crippen LogP contribution < -0.4 is 5.32 Å². The zero-order chi connectivity index (χ0) is 15.2. The molecule has 2 unspecified atom stereocenters. The molecular weight excluding hydrogens is 270 g/mol. The quantitative estimate of drug-likeness (QED) is 0.769. The van der Waals surface area contributed by atoms with E-state index in [9.17, 15) is 4.79 Å². The van der Waals surface area contributed by atoms with Crippen molar-refractivity contribution in [3.63, 3.8) is 0 Å². The summed E-state index contributed by atoms with van der Waals surface area (Å²) in [6.45, 7) is 5.69. The molecule has 118 valence electrons. The highest BCUT2D eigenvalue weighted by atomic mass is 16.5. The molecule has 2 heterocycles. The molecule has 21 heavy (non-hydrogen) atoms. The first-order chi connectivity index (χ1) is 10.2. The number of esters is 1. The van der Waals surface area contributed by atoms with Crippen LogP contribution in [0.5, 0.6) is 0 Å². The summed E-state index contributed by atoms with van der Waals surface area (Å²) < 4.78 is 12.6. The van der Waals surface area contributed by atoms with E-state index >= 15 is 0 Å². The number of aromatic nitrogens is 2. The van der Waals surface area contributed by atoms with Gasteiger partial charge in [-0.3, -0.25) is 10.00 Å². The molecule has 1 aromatic heterocycles. The van der Waals surface area contributed by atoms with Gasteiger partial charge in [0, 0.05) is 32.0 Å². The van der Waals surface area contributed by atoms with Crippen molar-refractivity contribution >= 4 is 5.97 Å². The molecule has 2 atom stereocenters. The van der Waals surface area contributed by atoms with Crippen molar-refractivity contribution < 1.29 is 14.3 Å². The minimum absolute atomic E-state index is 0.184. The molecule has 2 rings (SSSR count). The normalized spacial score (nSPS) is 19.7. The number of rotatable bonds is 7. The molecule has 1 aliphatic rings. The van der Waals surface area contributed by atoms with Crippen LogP contribution >= 0.6 is 0 Å². The summed E-state index contributed by atoms with van der Waals surface area (Å²) in [6, 6.07) is -0.474. The summed E-state index contributed by atoms with van der Waals surface area (Å²) in [5.74, 6) is -0.252. The SMILES string of the molecule is CCOC(=O)C(NCC1CCCO1)c1cn(C)nc1CC. The first-order valence-electron chi connectivity index (χ1n) is 7.69. The number of nitrogens with zero attached hydrogens (tertiary/aromatic N) is 2. The summed E-state index contributed by atoms with van der Waals surface area (Å²) in [4.78, 5) is 12.3. The third-order valence-electron chi connectivity index (χ3n) is 3.68. The second-order valence-electron chi connectivity index (χ2n) is 5.29. The number of ether oxygens (including phenoxy) is 2. The van der Waals surface area contributed by atoms with Crippen LogP contribution in [0, 0.1) is 0 Å². The molecule has 0 spiro atoms. The number of carbonyl (C=O) groups excluding carboxylic acids is 1. The maximum atomic E-state index is 12.3. The Balaban J connectivity index is 2.11. The highest BCUT2D eigenvalue weighted by Gasteiger charge is 2.27. The third-order valence-corrected chi connectivity index (χ3v) is 3.68. The molecule has 0 aliphatic carbocycles. The Kier molecular flexibility index (Phi) is 5.76. The molecule has 1 fully saturated rings. The van der Waals surface area contributed by atoms with Gasteiger partial charge in [0.05, 0.1) is 18.4 Å². The summed E-state index contributed by atoms with van der Waals surface area (Å²) in [5.41, 5.74) is 1.83. The van der Waals surface area contributed by atoms with Crippen LogP contribution in [-0.2, 0) is 27.7 Å². The number of hydrogen-bond acceptors (Lipinski definition) is 5. The second kappa shape index (κ2) is 7.56. The predicted octanol–water partition coefficient (Wildman–Crippen LogP) is 1.36. The molecule has 1 saturated heterocycles. The third kappa shape index (κ3) is 4.04. The smallest absolute Gasteiger partial charge is 0.327 e. The minimum Gasteiger partial charge on any atom is -0.465 e. The van der Waals surface area contributed by atoms with Crippen molar-refractivity contribution in [1.29, 1.82) is 0 Å². The zero-order valence-corrected chi connectivity index (χ0v) is 13.1. The van der Waals surface area contributed by atoms with E-state index in [2.05, 4.69) is 10.4 Å². The predicted molar refractivity (Wildman–Crippen MR) is 78.9 cm³/mol. The van der Waals surface area contributed by atoms with Gasteiger partial charge in [-0.2, -0.15) is 5.10 Å². The fourth-order valence-corrected chi connectivity index (χ4v) is 2.67. The maximum Gasteiger partial charge on any atom is 0.327 e. The van der Waals surface area contributed by atoms with Crippen LogP contribution in [0.1, 0.15) is 44.0 Å². The molecule has 0 radical (unpaired) electrons. The van der Waals surface area contributed by atoms with Gasteiger partial charge in [0.2, 0.25) is 0 Å². The molecular formula is C15H25N3O3. The van der Waals surface area contributed by atoms with E-state index in [0.29, 0.717) is 13.2 Å². The van der Waals surface area contributed by atoms with Crippen molar-refractivity contribution in [3.05, 3.63) is 17.5 Å². The molecule has 0 aromatic carbocycles. The molecule has 1 aromatic rings. The van der Waals surface area contributed by atoms with Crippen molar-refractivity contribution in [2.75, 3.05) is 19.8 Å². The fraction of sp³-hybridized carbons (Fsp3) is 0.733. The van der Waals surface area contributed by atoms with Crippen molar-refractivity contribution in [2.45, 2.75) is 45.3 Å². The topological polar surface area (TPSA) is 65.4 Å². The fourth-order valence-electron chi connectivity index (χ4n) is 2.67. The van der Waals surface area contributed by atoms with E-state index in [1.54, 1.807) is 4.68 Å². The van der Waals surface area contributed by atoms with Crippen LogP contribution in [-0.4, -0.2) is 41.6 Å². The summed E-state index contributed by atoms with van der Waals surface area (Å²) >= 11 is 0. The average Bonchev–Trinajstić information content (AvgIpc) is 3.09. The monoisotopic (exact) mass is 295 g/mol. The average molecular weight is 295 g/mol. The van der Waals surface area contributed by atoms with Gasteiger partial charge in [0.15, 0.2) is 0 Å². The summed E-state index contributed by atoms with van der Waals surface area (Å²) in [6.07, 6.45) is 4.99. The zero-order valence-electron chi connectivity index (χ0n) is 13.1. The van der Waals surface area contributed by atoms with Gasteiger partial charge in [-0.05, 0) is 26.2 Å². The van der Waals surface area contributed by atoms with Crippen LogP contribution in [0.3, 0.4) is 0 Å².